The predicted octanol–water partition coefficient (Wildman–Crippen LogP) is 3.71. The molecular formula is C11H15FS. The van der Waals surface area contributed by atoms with E-state index in [-0.39, 0.29) is 5.82 Å². The van der Waals surface area contributed by atoms with Gasteiger partial charge in [-0.2, -0.15) is 11.8 Å². The van der Waals surface area contributed by atoms with Gasteiger partial charge in [0.15, 0.2) is 0 Å². The van der Waals surface area contributed by atoms with Crippen LogP contribution in [0.1, 0.15) is 19.4 Å². The van der Waals surface area contributed by atoms with E-state index in [1.807, 2.05) is 23.9 Å². The lowest BCUT2D eigenvalue weighted by molar-refractivity contribution is 0.627. The zero-order valence-corrected chi connectivity index (χ0v) is 8.90. The molecule has 0 heterocycles. The average molecular weight is 198 g/mol. The van der Waals surface area contributed by atoms with Gasteiger partial charge >= 0.3 is 0 Å². The van der Waals surface area contributed by atoms with Crippen LogP contribution in [-0.2, 0) is 5.75 Å². The smallest absolute Gasteiger partial charge is 0.123 e. The minimum absolute atomic E-state index is 0.155. The van der Waals surface area contributed by atoms with Gasteiger partial charge in [0.25, 0.3) is 0 Å². The van der Waals surface area contributed by atoms with Crippen LogP contribution >= 0.6 is 11.8 Å². The fourth-order valence-corrected chi connectivity index (χ4v) is 2.01. The molecule has 0 nitrogen and oxygen atoms in total. The molecule has 0 radical (unpaired) electrons. The molecule has 0 aliphatic carbocycles. The monoisotopic (exact) mass is 198 g/mol. The van der Waals surface area contributed by atoms with Crippen molar-refractivity contribution in [3.8, 4) is 0 Å². The molecule has 1 aromatic rings. The second kappa shape index (κ2) is 5.28. The van der Waals surface area contributed by atoms with Crippen LogP contribution in [-0.4, -0.2) is 5.75 Å². The molecule has 0 atom stereocenters. The van der Waals surface area contributed by atoms with Gasteiger partial charge in [-0.25, -0.2) is 4.39 Å². The highest BCUT2D eigenvalue weighted by Gasteiger charge is 1.96. The summed E-state index contributed by atoms with van der Waals surface area (Å²) in [4.78, 5) is 0. The Morgan fingerprint density at radius 2 is 1.85 bits per heavy atom. The van der Waals surface area contributed by atoms with Crippen LogP contribution in [0, 0.1) is 11.7 Å². The maximum Gasteiger partial charge on any atom is 0.123 e. The molecule has 0 aliphatic heterocycles. The van der Waals surface area contributed by atoms with Crippen molar-refractivity contribution in [2.75, 3.05) is 5.75 Å². The Kier molecular flexibility index (Phi) is 4.29. The molecule has 0 spiro atoms. The SMILES string of the molecule is CC(C)CSCc1ccc(F)cc1. The number of rotatable bonds is 4. The van der Waals surface area contributed by atoms with Crippen molar-refractivity contribution < 1.29 is 4.39 Å². The fraction of sp³-hybridized carbons (Fsp3) is 0.455. The van der Waals surface area contributed by atoms with Crippen molar-refractivity contribution in [1.82, 2.24) is 0 Å². The lowest BCUT2D eigenvalue weighted by Crippen LogP contribution is -1.91. The summed E-state index contributed by atoms with van der Waals surface area (Å²) in [5.74, 6) is 2.72. The molecule has 0 N–H and O–H groups in total. The summed E-state index contributed by atoms with van der Waals surface area (Å²) in [7, 11) is 0. The van der Waals surface area contributed by atoms with Crippen molar-refractivity contribution in [2.45, 2.75) is 19.6 Å². The van der Waals surface area contributed by atoms with Gasteiger partial charge in [0.05, 0.1) is 0 Å². The Morgan fingerprint density at radius 1 is 1.23 bits per heavy atom. The molecule has 72 valence electrons. The lowest BCUT2D eigenvalue weighted by Gasteiger charge is -2.04. The van der Waals surface area contributed by atoms with E-state index in [0.29, 0.717) is 0 Å². The summed E-state index contributed by atoms with van der Waals surface area (Å²) in [6.45, 7) is 4.41. The van der Waals surface area contributed by atoms with Crippen LogP contribution in [0.5, 0.6) is 0 Å². The van der Waals surface area contributed by atoms with Crippen molar-refractivity contribution in [2.24, 2.45) is 5.92 Å². The highest BCUT2D eigenvalue weighted by molar-refractivity contribution is 7.98. The molecule has 0 unspecified atom stereocenters. The van der Waals surface area contributed by atoms with E-state index in [1.54, 1.807) is 0 Å². The topological polar surface area (TPSA) is 0 Å². The Morgan fingerprint density at radius 3 is 2.38 bits per heavy atom. The van der Waals surface area contributed by atoms with E-state index in [2.05, 4.69) is 13.8 Å². The molecule has 0 bridgehead atoms. The first-order valence-electron chi connectivity index (χ1n) is 4.50. The van der Waals surface area contributed by atoms with E-state index in [0.717, 1.165) is 17.4 Å². The third-order valence-electron chi connectivity index (χ3n) is 1.63. The quantitative estimate of drug-likeness (QED) is 0.710. The Bertz CT molecular complexity index is 241. The minimum atomic E-state index is -0.155. The summed E-state index contributed by atoms with van der Waals surface area (Å²) in [6, 6.07) is 6.74. The normalized spacial score (nSPS) is 10.8. The predicted molar refractivity (Wildman–Crippen MR) is 57.4 cm³/mol. The fourth-order valence-electron chi connectivity index (χ4n) is 0.993. The van der Waals surface area contributed by atoms with E-state index < -0.39 is 0 Å². The number of hydrogen-bond donors (Lipinski definition) is 0. The van der Waals surface area contributed by atoms with Gasteiger partial charge in [-0.3, -0.25) is 0 Å². The second-order valence-corrected chi connectivity index (χ2v) is 4.57. The molecule has 1 aromatic carbocycles. The lowest BCUT2D eigenvalue weighted by atomic mass is 10.2. The zero-order valence-electron chi connectivity index (χ0n) is 8.09. The number of benzene rings is 1. The molecule has 0 aliphatic rings. The third-order valence-corrected chi connectivity index (χ3v) is 3.07. The first-order chi connectivity index (χ1) is 6.18. The molecule has 0 saturated heterocycles. The zero-order chi connectivity index (χ0) is 9.68. The molecule has 13 heavy (non-hydrogen) atoms. The van der Waals surface area contributed by atoms with Gasteiger partial charge in [-0.05, 0) is 29.4 Å². The van der Waals surface area contributed by atoms with E-state index in [1.165, 1.54) is 17.7 Å². The average Bonchev–Trinajstić information content (AvgIpc) is 2.08. The van der Waals surface area contributed by atoms with Crippen LogP contribution in [0.2, 0.25) is 0 Å². The third kappa shape index (κ3) is 4.32. The minimum Gasteiger partial charge on any atom is -0.207 e. The summed E-state index contributed by atoms with van der Waals surface area (Å²) in [6.07, 6.45) is 0. The second-order valence-electron chi connectivity index (χ2n) is 3.54. The van der Waals surface area contributed by atoms with E-state index in [4.69, 9.17) is 0 Å². The van der Waals surface area contributed by atoms with Crippen molar-refractivity contribution >= 4 is 11.8 Å². The molecule has 0 amide bonds. The van der Waals surface area contributed by atoms with Crippen LogP contribution in [0.15, 0.2) is 24.3 Å². The van der Waals surface area contributed by atoms with Gasteiger partial charge < -0.3 is 0 Å². The van der Waals surface area contributed by atoms with Gasteiger partial charge in [-0.15, -0.1) is 0 Å². The Balaban J connectivity index is 2.33. The van der Waals surface area contributed by atoms with Crippen molar-refractivity contribution in [1.29, 1.82) is 0 Å². The first kappa shape index (κ1) is 10.6. The van der Waals surface area contributed by atoms with E-state index in [9.17, 15) is 4.39 Å². The highest BCUT2D eigenvalue weighted by atomic mass is 32.2. The maximum absolute atomic E-state index is 12.5. The first-order valence-corrected chi connectivity index (χ1v) is 5.66. The van der Waals surface area contributed by atoms with Crippen molar-refractivity contribution in [3.05, 3.63) is 35.6 Å². The summed E-state index contributed by atoms with van der Waals surface area (Å²) in [5, 5.41) is 0. The Labute approximate surface area is 83.5 Å². The van der Waals surface area contributed by atoms with Crippen molar-refractivity contribution in [3.63, 3.8) is 0 Å². The summed E-state index contributed by atoms with van der Waals surface area (Å²) in [5.41, 5.74) is 1.20. The standard InChI is InChI=1S/C11H15FS/c1-9(2)7-13-8-10-3-5-11(12)6-4-10/h3-6,9H,7-8H2,1-2H3. The van der Waals surface area contributed by atoms with Gasteiger partial charge in [-0.1, -0.05) is 26.0 Å². The number of thioether (sulfide) groups is 1. The molecule has 2 heteroatoms. The summed E-state index contributed by atoms with van der Waals surface area (Å²) >= 11 is 1.90. The van der Waals surface area contributed by atoms with Crippen LogP contribution < -0.4 is 0 Å². The largest absolute Gasteiger partial charge is 0.207 e. The molecule has 0 aromatic heterocycles. The van der Waals surface area contributed by atoms with Gasteiger partial charge in [0, 0.05) is 5.75 Å². The Hall–Kier alpha value is -0.500. The maximum atomic E-state index is 12.5. The molecule has 1 rings (SSSR count). The molecular weight excluding hydrogens is 183 g/mol. The van der Waals surface area contributed by atoms with Gasteiger partial charge in [0.2, 0.25) is 0 Å². The molecule has 0 fully saturated rings. The van der Waals surface area contributed by atoms with Crippen LogP contribution in [0.3, 0.4) is 0 Å². The van der Waals surface area contributed by atoms with Crippen LogP contribution in [0.25, 0.3) is 0 Å². The number of hydrogen-bond acceptors (Lipinski definition) is 1. The van der Waals surface area contributed by atoms with Crippen LogP contribution in [0.4, 0.5) is 4.39 Å². The van der Waals surface area contributed by atoms with Gasteiger partial charge in [0.1, 0.15) is 5.82 Å². The number of halogens is 1. The highest BCUT2D eigenvalue weighted by Crippen LogP contribution is 2.15. The van der Waals surface area contributed by atoms with E-state index >= 15 is 0 Å². The molecule has 0 saturated carbocycles. The summed E-state index contributed by atoms with van der Waals surface area (Å²) < 4.78 is 12.5.